The molecule has 0 aliphatic heterocycles. The molecule has 45 heavy (non-hydrogen) atoms. The monoisotopic (exact) mass is 693 g/mol. The summed E-state index contributed by atoms with van der Waals surface area (Å²) in [5.74, 6) is -1.86. The van der Waals surface area contributed by atoms with Crippen LogP contribution < -0.4 is 9.62 Å². The smallest absolute Gasteiger partial charge is 0.264 e. The number of nitrogens with zero attached hydrogens (tertiary/aromatic N) is 2. The lowest BCUT2D eigenvalue weighted by Crippen LogP contribution is -2.56. The molecule has 4 rings (SSSR count). The first-order valence-corrected chi connectivity index (χ1v) is 16.7. The fraction of sp³-hybridized carbons (Fsp3) is 0.257. The van der Waals surface area contributed by atoms with Crippen molar-refractivity contribution in [2.24, 2.45) is 0 Å². The number of rotatable bonds is 11. The van der Waals surface area contributed by atoms with Crippen molar-refractivity contribution >= 4 is 43.5 Å². The van der Waals surface area contributed by atoms with E-state index in [0.29, 0.717) is 0 Å². The zero-order chi connectivity index (χ0) is 32.8. The van der Waals surface area contributed by atoms with Crippen LogP contribution in [0.2, 0.25) is 0 Å². The van der Waals surface area contributed by atoms with Crippen molar-refractivity contribution in [3.8, 4) is 0 Å². The van der Waals surface area contributed by atoms with E-state index in [1.807, 2.05) is 82.3 Å². The summed E-state index contributed by atoms with van der Waals surface area (Å²) in [6.45, 7) is 6.64. The SMILES string of the molecule is Cc1ccc(S(=O)(=O)N(CC(=O)N(Cc2ccc(Br)cc2)[C@H](Cc2ccccc2)C(=O)NC(C)(C)C)c2ccccc2F)cc1. The summed E-state index contributed by atoms with van der Waals surface area (Å²) in [6.07, 6.45) is 0.176. The molecule has 4 aromatic carbocycles. The minimum absolute atomic E-state index is 0.0108. The Kier molecular flexibility index (Phi) is 10.8. The van der Waals surface area contributed by atoms with Gasteiger partial charge in [0.2, 0.25) is 11.8 Å². The van der Waals surface area contributed by atoms with Crippen LogP contribution in [0, 0.1) is 12.7 Å². The summed E-state index contributed by atoms with van der Waals surface area (Å²) in [5.41, 5.74) is 1.52. The maximum atomic E-state index is 15.2. The van der Waals surface area contributed by atoms with Gasteiger partial charge in [-0.05, 0) is 75.2 Å². The first kappa shape index (κ1) is 33.9. The van der Waals surface area contributed by atoms with Crippen LogP contribution in [-0.4, -0.2) is 43.3 Å². The second-order valence-electron chi connectivity index (χ2n) is 11.9. The van der Waals surface area contributed by atoms with Gasteiger partial charge in [0.05, 0.1) is 10.6 Å². The van der Waals surface area contributed by atoms with Gasteiger partial charge >= 0.3 is 0 Å². The van der Waals surface area contributed by atoms with Crippen LogP contribution in [0.15, 0.2) is 112 Å². The topological polar surface area (TPSA) is 86.8 Å². The van der Waals surface area contributed by atoms with Crippen LogP contribution in [0.25, 0.3) is 0 Å². The van der Waals surface area contributed by atoms with Gasteiger partial charge in [0, 0.05) is 23.0 Å². The summed E-state index contributed by atoms with van der Waals surface area (Å²) < 4.78 is 44.9. The van der Waals surface area contributed by atoms with E-state index in [1.165, 1.54) is 35.2 Å². The van der Waals surface area contributed by atoms with Crippen LogP contribution in [0.4, 0.5) is 10.1 Å². The lowest BCUT2D eigenvalue weighted by Gasteiger charge is -2.35. The number of hydrogen-bond donors (Lipinski definition) is 1. The van der Waals surface area contributed by atoms with Crippen molar-refractivity contribution in [2.45, 2.75) is 57.1 Å². The van der Waals surface area contributed by atoms with Crippen LogP contribution in [0.5, 0.6) is 0 Å². The van der Waals surface area contributed by atoms with Gasteiger partial charge in [0.15, 0.2) is 0 Å². The number of anilines is 1. The lowest BCUT2D eigenvalue weighted by molar-refractivity contribution is -0.140. The highest BCUT2D eigenvalue weighted by atomic mass is 79.9. The van der Waals surface area contributed by atoms with E-state index in [9.17, 15) is 18.0 Å². The van der Waals surface area contributed by atoms with Crippen molar-refractivity contribution < 1.29 is 22.4 Å². The highest BCUT2D eigenvalue weighted by molar-refractivity contribution is 9.10. The zero-order valence-corrected chi connectivity index (χ0v) is 28.1. The maximum Gasteiger partial charge on any atom is 0.264 e. The minimum Gasteiger partial charge on any atom is -0.350 e. The molecule has 0 bridgehead atoms. The van der Waals surface area contributed by atoms with Crippen LogP contribution >= 0.6 is 15.9 Å². The van der Waals surface area contributed by atoms with Crippen molar-refractivity contribution in [1.29, 1.82) is 0 Å². The molecule has 0 radical (unpaired) electrons. The summed E-state index contributed by atoms with van der Waals surface area (Å²) in [4.78, 5) is 29.7. The van der Waals surface area contributed by atoms with Gasteiger partial charge in [-0.1, -0.05) is 88.2 Å². The van der Waals surface area contributed by atoms with E-state index in [4.69, 9.17) is 0 Å². The Labute approximate surface area is 273 Å². The third-order valence-electron chi connectivity index (χ3n) is 7.04. The number of carbonyl (C=O) groups is 2. The third kappa shape index (κ3) is 9.02. The number of carbonyl (C=O) groups excluding carboxylic acids is 2. The highest BCUT2D eigenvalue weighted by Gasteiger charge is 2.36. The summed E-state index contributed by atoms with van der Waals surface area (Å²) >= 11 is 3.43. The first-order valence-electron chi connectivity index (χ1n) is 14.5. The van der Waals surface area contributed by atoms with Crippen molar-refractivity contribution in [3.63, 3.8) is 0 Å². The molecule has 2 amide bonds. The molecule has 236 valence electrons. The fourth-order valence-electron chi connectivity index (χ4n) is 4.80. The molecule has 0 unspecified atom stereocenters. The average molecular weight is 695 g/mol. The lowest BCUT2D eigenvalue weighted by atomic mass is 10.0. The van der Waals surface area contributed by atoms with Crippen LogP contribution in [0.1, 0.15) is 37.5 Å². The molecule has 10 heteroatoms. The molecule has 1 N–H and O–H groups in total. The Bertz CT molecular complexity index is 1730. The number of benzene rings is 4. The number of sulfonamides is 1. The third-order valence-corrected chi connectivity index (χ3v) is 9.35. The Hall–Kier alpha value is -4.02. The molecule has 0 heterocycles. The van der Waals surface area contributed by atoms with E-state index >= 15 is 4.39 Å². The number of hydrogen-bond acceptors (Lipinski definition) is 4. The number of aryl methyl sites for hydroxylation is 1. The first-order chi connectivity index (χ1) is 21.2. The molecule has 0 aliphatic rings. The van der Waals surface area contributed by atoms with Gasteiger partial charge < -0.3 is 10.2 Å². The molecule has 7 nitrogen and oxygen atoms in total. The number of nitrogens with one attached hydrogen (secondary N) is 1. The van der Waals surface area contributed by atoms with Gasteiger partial charge in [0.25, 0.3) is 10.0 Å². The van der Waals surface area contributed by atoms with E-state index in [1.54, 1.807) is 12.1 Å². The largest absolute Gasteiger partial charge is 0.350 e. The fourth-order valence-corrected chi connectivity index (χ4v) is 6.48. The molecule has 0 aromatic heterocycles. The van der Waals surface area contributed by atoms with Gasteiger partial charge in [-0.2, -0.15) is 0 Å². The molecule has 0 saturated carbocycles. The zero-order valence-electron chi connectivity index (χ0n) is 25.7. The Morgan fingerprint density at radius 1 is 0.844 bits per heavy atom. The van der Waals surface area contributed by atoms with Crippen molar-refractivity contribution in [3.05, 3.63) is 130 Å². The number of para-hydroxylation sites is 1. The van der Waals surface area contributed by atoms with E-state index < -0.39 is 45.8 Å². The van der Waals surface area contributed by atoms with Gasteiger partial charge in [0.1, 0.15) is 18.4 Å². The average Bonchev–Trinajstić information content (AvgIpc) is 2.99. The predicted octanol–water partition coefficient (Wildman–Crippen LogP) is 6.65. The van der Waals surface area contributed by atoms with Gasteiger partial charge in [-0.25, -0.2) is 12.8 Å². The van der Waals surface area contributed by atoms with Gasteiger partial charge in [-0.3, -0.25) is 13.9 Å². The molecule has 0 spiro atoms. The molecular weight excluding hydrogens is 657 g/mol. The quantitative estimate of drug-likeness (QED) is 0.191. The summed E-state index contributed by atoms with van der Waals surface area (Å²) in [6, 6.07) is 27.1. The molecular formula is C35H37BrFN3O4S. The molecule has 0 aliphatic carbocycles. The Balaban J connectivity index is 1.82. The summed E-state index contributed by atoms with van der Waals surface area (Å²) in [7, 11) is -4.39. The molecule has 1 atom stereocenters. The number of amides is 2. The van der Waals surface area contributed by atoms with Gasteiger partial charge in [-0.15, -0.1) is 0 Å². The number of halogens is 2. The van der Waals surface area contributed by atoms with Crippen LogP contribution in [0.3, 0.4) is 0 Å². The van der Waals surface area contributed by atoms with Crippen molar-refractivity contribution in [2.75, 3.05) is 10.8 Å². The van der Waals surface area contributed by atoms with E-state index in [-0.39, 0.29) is 23.5 Å². The summed E-state index contributed by atoms with van der Waals surface area (Å²) in [5, 5.41) is 2.99. The highest BCUT2D eigenvalue weighted by Crippen LogP contribution is 2.28. The standard InChI is InChI=1S/C35H37BrFN3O4S/c1-25-14-20-29(21-15-25)45(43,44)40(31-13-9-8-12-30(31)37)24-33(41)39(23-27-16-18-28(36)19-17-27)32(34(42)38-35(2,3)4)22-26-10-6-5-7-11-26/h5-21,32H,22-24H2,1-4H3,(H,38,42)/t32-/m1/s1. The second kappa shape index (κ2) is 14.4. The predicted molar refractivity (Wildman–Crippen MR) is 179 cm³/mol. The Morgan fingerprint density at radius 3 is 2.04 bits per heavy atom. The Morgan fingerprint density at radius 2 is 1.44 bits per heavy atom. The van der Waals surface area contributed by atoms with Crippen molar-refractivity contribution in [1.82, 2.24) is 10.2 Å². The minimum atomic E-state index is -4.39. The van der Waals surface area contributed by atoms with E-state index in [0.717, 1.165) is 31.5 Å². The molecule has 0 saturated heterocycles. The van der Waals surface area contributed by atoms with Crippen LogP contribution in [-0.2, 0) is 32.6 Å². The normalized spacial score (nSPS) is 12.3. The second-order valence-corrected chi connectivity index (χ2v) is 14.6. The molecule has 4 aromatic rings. The molecule has 0 fully saturated rings. The maximum absolute atomic E-state index is 15.2. The van der Waals surface area contributed by atoms with E-state index in [2.05, 4.69) is 21.2 Å².